The molecule has 0 aliphatic carbocycles. The van der Waals surface area contributed by atoms with E-state index in [4.69, 9.17) is 11.6 Å². The number of anilines is 1. The Kier molecular flexibility index (Phi) is 6.28. The van der Waals surface area contributed by atoms with E-state index in [0.29, 0.717) is 22.2 Å². The van der Waals surface area contributed by atoms with E-state index in [-0.39, 0.29) is 11.6 Å². The smallest absolute Gasteiger partial charge is 0.221 e. The fourth-order valence-corrected chi connectivity index (χ4v) is 5.76. The highest BCUT2D eigenvalue weighted by atomic mass is 35.5. The van der Waals surface area contributed by atoms with E-state index in [2.05, 4.69) is 28.3 Å². The maximum Gasteiger partial charge on any atom is 0.221 e. The van der Waals surface area contributed by atoms with Crippen LogP contribution < -0.4 is 5.32 Å². The van der Waals surface area contributed by atoms with Gasteiger partial charge < -0.3 is 9.88 Å². The Labute approximate surface area is 176 Å². The molecule has 0 aromatic carbocycles. The number of hydrogen-bond donors (Lipinski definition) is 1. The van der Waals surface area contributed by atoms with Crippen LogP contribution in [0.1, 0.15) is 38.1 Å². The first kappa shape index (κ1) is 20.6. The third-order valence-corrected chi connectivity index (χ3v) is 7.13. The lowest BCUT2D eigenvalue weighted by Crippen LogP contribution is -2.07. The zero-order chi connectivity index (χ0) is 20.4. The van der Waals surface area contributed by atoms with Crippen molar-refractivity contribution in [3.05, 3.63) is 22.6 Å². The standard InChI is InChI=1S/C19H20ClN5OS2/c1-5-6-7-27-19-16(23-11(3)26)13-15(18-22-10(2)9-25(18)4)24-12(8-21)14(20)17(13)28-19/h9H,5-7H2,1-4H3,(H,23,26). The van der Waals surface area contributed by atoms with Crippen LogP contribution in [0.2, 0.25) is 5.02 Å². The molecule has 0 aliphatic heterocycles. The molecular weight excluding hydrogens is 414 g/mol. The second-order valence-electron chi connectivity index (χ2n) is 6.40. The van der Waals surface area contributed by atoms with Crippen molar-refractivity contribution in [2.75, 3.05) is 11.1 Å². The number of thioether (sulfide) groups is 1. The largest absolute Gasteiger partial charge is 0.332 e. The number of halogens is 1. The summed E-state index contributed by atoms with van der Waals surface area (Å²) in [7, 11) is 1.88. The van der Waals surface area contributed by atoms with Crippen LogP contribution in [0, 0.1) is 18.3 Å². The number of unbranched alkanes of at least 4 members (excludes halogenated alkanes) is 1. The van der Waals surface area contributed by atoms with Crippen molar-refractivity contribution in [2.45, 2.75) is 37.8 Å². The normalized spacial score (nSPS) is 11.0. The van der Waals surface area contributed by atoms with E-state index in [0.717, 1.165) is 38.6 Å². The summed E-state index contributed by atoms with van der Waals surface area (Å²) in [6.07, 6.45) is 4.05. The minimum atomic E-state index is -0.167. The number of nitrogens with zero attached hydrogens (tertiary/aromatic N) is 4. The zero-order valence-corrected chi connectivity index (χ0v) is 18.5. The Bertz CT molecular complexity index is 1100. The first-order chi connectivity index (χ1) is 13.4. The molecule has 1 amide bonds. The molecule has 28 heavy (non-hydrogen) atoms. The van der Waals surface area contributed by atoms with E-state index in [1.165, 1.54) is 18.3 Å². The number of fused-ring (bicyclic) bond motifs is 1. The lowest BCUT2D eigenvalue weighted by atomic mass is 10.1. The topological polar surface area (TPSA) is 83.6 Å². The summed E-state index contributed by atoms with van der Waals surface area (Å²) < 4.78 is 3.57. The minimum Gasteiger partial charge on any atom is -0.332 e. The van der Waals surface area contributed by atoms with Crippen LogP contribution in [0.3, 0.4) is 0 Å². The summed E-state index contributed by atoms with van der Waals surface area (Å²) in [6.45, 7) is 5.52. The number of nitriles is 1. The van der Waals surface area contributed by atoms with Gasteiger partial charge in [0.25, 0.3) is 0 Å². The number of aryl methyl sites for hydroxylation is 2. The Hall–Kier alpha value is -2.08. The maximum absolute atomic E-state index is 11.9. The summed E-state index contributed by atoms with van der Waals surface area (Å²) in [4.78, 5) is 21.0. The molecule has 146 valence electrons. The Morgan fingerprint density at radius 2 is 2.21 bits per heavy atom. The van der Waals surface area contributed by atoms with Gasteiger partial charge in [0.05, 0.1) is 25.3 Å². The van der Waals surface area contributed by atoms with Gasteiger partial charge >= 0.3 is 0 Å². The first-order valence-corrected chi connectivity index (χ1v) is 11.0. The average Bonchev–Trinajstić information content (AvgIpc) is 3.16. The second kappa shape index (κ2) is 8.52. The van der Waals surface area contributed by atoms with Crippen LogP contribution in [-0.4, -0.2) is 26.2 Å². The molecule has 0 saturated carbocycles. The van der Waals surface area contributed by atoms with Crippen molar-refractivity contribution in [1.29, 1.82) is 5.26 Å². The Balaban J connectivity index is 2.35. The molecule has 0 saturated heterocycles. The van der Waals surface area contributed by atoms with Crippen molar-refractivity contribution in [1.82, 2.24) is 14.5 Å². The number of hydrogen-bond acceptors (Lipinski definition) is 6. The van der Waals surface area contributed by atoms with Crippen molar-refractivity contribution < 1.29 is 4.79 Å². The number of aromatic nitrogens is 3. The molecule has 3 heterocycles. The summed E-state index contributed by atoms with van der Waals surface area (Å²) in [5, 5.41) is 13.5. The van der Waals surface area contributed by atoms with Crippen LogP contribution in [-0.2, 0) is 11.8 Å². The van der Waals surface area contributed by atoms with Gasteiger partial charge in [-0.2, -0.15) is 5.26 Å². The van der Waals surface area contributed by atoms with Gasteiger partial charge in [0.1, 0.15) is 11.8 Å². The fraction of sp³-hybridized carbons (Fsp3) is 0.368. The molecule has 3 rings (SSSR count). The summed E-state index contributed by atoms with van der Waals surface area (Å²) in [6, 6.07) is 2.08. The zero-order valence-electron chi connectivity index (χ0n) is 16.1. The number of thiophene rings is 1. The SMILES string of the molecule is CCCCSc1sc2c(Cl)c(C#N)nc(-c3nc(C)cn3C)c2c1NC(C)=O. The number of amides is 1. The third-order valence-electron chi connectivity index (χ3n) is 4.09. The quantitative estimate of drug-likeness (QED) is 0.416. The molecule has 0 unspecified atom stereocenters. The number of carbonyl (C=O) groups excluding carboxylic acids is 1. The molecule has 0 spiro atoms. The molecule has 0 radical (unpaired) electrons. The summed E-state index contributed by atoms with van der Waals surface area (Å²) in [5.74, 6) is 1.40. The van der Waals surface area contributed by atoms with Gasteiger partial charge in [-0.15, -0.1) is 23.1 Å². The molecular formula is C19H20ClN5OS2. The number of imidazole rings is 1. The predicted molar refractivity (Wildman–Crippen MR) is 116 cm³/mol. The average molecular weight is 434 g/mol. The van der Waals surface area contributed by atoms with Gasteiger partial charge in [-0.3, -0.25) is 4.79 Å². The van der Waals surface area contributed by atoms with E-state index in [1.807, 2.05) is 24.7 Å². The number of rotatable bonds is 6. The van der Waals surface area contributed by atoms with Crippen molar-refractivity contribution in [2.24, 2.45) is 7.05 Å². The molecule has 3 aromatic heterocycles. The van der Waals surface area contributed by atoms with Crippen LogP contribution in [0.5, 0.6) is 0 Å². The van der Waals surface area contributed by atoms with Gasteiger partial charge in [0.15, 0.2) is 11.5 Å². The maximum atomic E-state index is 11.9. The van der Waals surface area contributed by atoms with Crippen molar-refractivity contribution in [3.8, 4) is 17.6 Å². The van der Waals surface area contributed by atoms with E-state index in [1.54, 1.807) is 11.8 Å². The third kappa shape index (κ3) is 3.88. The molecule has 0 atom stereocenters. The van der Waals surface area contributed by atoms with Gasteiger partial charge in [0, 0.05) is 25.6 Å². The lowest BCUT2D eigenvalue weighted by molar-refractivity contribution is -0.114. The van der Waals surface area contributed by atoms with Crippen LogP contribution in [0.15, 0.2) is 10.4 Å². The highest BCUT2D eigenvalue weighted by Crippen LogP contribution is 2.48. The molecule has 0 bridgehead atoms. The minimum absolute atomic E-state index is 0.158. The number of nitrogens with one attached hydrogen (secondary N) is 1. The van der Waals surface area contributed by atoms with Crippen LogP contribution in [0.25, 0.3) is 21.6 Å². The van der Waals surface area contributed by atoms with Crippen LogP contribution >= 0.6 is 34.7 Å². The fourth-order valence-electron chi connectivity index (χ4n) is 2.89. The summed E-state index contributed by atoms with van der Waals surface area (Å²) >= 11 is 9.67. The van der Waals surface area contributed by atoms with Gasteiger partial charge in [-0.25, -0.2) is 9.97 Å². The van der Waals surface area contributed by atoms with Gasteiger partial charge in [0.2, 0.25) is 5.91 Å². The van der Waals surface area contributed by atoms with Gasteiger partial charge in [-0.05, 0) is 19.1 Å². The molecule has 9 heteroatoms. The molecule has 1 N–H and O–H groups in total. The number of carbonyl (C=O) groups is 1. The first-order valence-electron chi connectivity index (χ1n) is 8.84. The molecule has 3 aromatic rings. The Morgan fingerprint density at radius 1 is 1.46 bits per heavy atom. The predicted octanol–water partition coefficient (Wildman–Crippen LogP) is 5.38. The van der Waals surface area contributed by atoms with Crippen LogP contribution in [0.4, 0.5) is 5.69 Å². The van der Waals surface area contributed by atoms with Crippen molar-refractivity contribution >= 4 is 56.4 Å². The molecule has 6 nitrogen and oxygen atoms in total. The van der Waals surface area contributed by atoms with E-state index < -0.39 is 0 Å². The van der Waals surface area contributed by atoms with Crippen molar-refractivity contribution in [3.63, 3.8) is 0 Å². The summed E-state index contributed by atoms with van der Waals surface area (Å²) in [5.41, 5.74) is 2.25. The highest BCUT2D eigenvalue weighted by molar-refractivity contribution is 8.01. The molecule has 0 aliphatic rings. The lowest BCUT2D eigenvalue weighted by Gasteiger charge is -2.09. The van der Waals surface area contributed by atoms with E-state index in [9.17, 15) is 10.1 Å². The highest BCUT2D eigenvalue weighted by Gasteiger charge is 2.25. The Morgan fingerprint density at radius 3 is 2.79 bits per heavy atom. The molecule has 0 fully saturated rings. The second-order valence-corrected chi connectivity index (χ2v) is 9.17. The number of pyridine rings is 1. The van der Waals surface area contributed by atoms with E-state index >= 15 is 0 Å². The monoisotopic (exact) mass is 433 g/mol. The van der Waals surface area contributed by atoms with Gasteiger partial charge in [-0.1, -0.05) is 24.9 Å².